The van der Waals surface area contributed by atoms with E-state index in [0.29, 0.717) is 12.5 Å². The van der Waals surface area contributed by atoms with Gasteiger partial charge >= 0.3 is 0 Å². The van der Waals surface area contributed by atoms with Crippen LogP contribution in [0.1, 0.15) is 38.2 Å². The number of rotatable bonds is 5. The molecule has 1 fully saturated rings. The molecule has 0 aromatic heterocycles. The van der Waals surface area contributed by atoms with E-state index < -0.39 is 0 Å². The lowest BCUT2D eigenvalue weighted by atomic mass is 10.0. The van der Waals surface area contributed by atoms with Gasteiger partial charge in [-0.25, -0.2) is 0 Å². The molecular formula is C16H24N2O. The Bertz CT molecular complexity index is 383. The predicted octanol–water partition coefficient (Wildman–Crippen LogP) is 2.57. The summed E-state index contributed by atoms with van der Waals surface area (Å²) in [5.41, 5.74) is 1.37. The normalized spacial score (nSPS) is 17.3. The predicted molar refractivity (Wildman–Crippen MR) is 77.8 cm³/mol. The highest BCUT2D eigenvalue weighted by Gasteiger charge is 2.20. The summed E-state index contributed by atoms with van der Waals surface area (Å²) in [6, 6.07) is 11.0. The maximum atomic E-state index is 11.6. The molecule has 0 unspecified atom stereocenters. The highest BCUT2D eigenvalue weighted by Crippen LogP contribution is 2.14. The smallest absolute Gasteiger partial charge is 0.220 e. The van der Waals surface area contributed by atoms with Crippen molar-refractivity contribution in [2.75, 3.05) is 13.1 Å². The summed E-state index contributed by atoms with van der Waals surface area (Å²) in [5, 5.41) is 3.14. The van der Waals surface area contributed by atoms with E-state index in [4.69, 9.17) is 0 Å². The van der Waals surface area contributed by atoms with Crippen LogP contribution >= 0.6 is 0 Å². The molecule has 1 N–H and O–H groups in total. The van der Waals surface area contributed by atoms with Crippen molar-refractivity contribution in [1.29, 1.82) is 0 Å². The molecule has 1 amide bonds. The number of hydrogen-bond donors (Lipinski definition) is 1. The van der Waals surface area contributed by atoms with Crippen molar-refractivity contribution in [3.63, 3.8) is 0 Å². The fourth-order valence-electron chi connectivity index (χ4n) is 2.60. The Balaban J connectivity index is 1.72. The Hall–Kier alpha value is -1.35. The van der Waals surface area contributed by atoms with Gasteiger partial charge in [0.25, 0.3) is 0 Å². The van der Waals surface area contributed by atoms with Crippen LogP contribution in [0.2, 0.25) is 0 Å². The molecule has 0 saturated carbocycles. The summed E-state index contributed by atoms with van der Waals surface area (Å²) in [4.78, 5) is 14.0. The monoisotopic (exact) mass is 260 g/mol. The third-order valence-electron chi connectivity index (χ3n) is 3.68. The number of carbonyl (C=O) groups is 1. The van der Waals surface area contributed by atoms with E-state index in [1.54, 1.807) is 0 Å². The molecule has 1 heterocycles. The summed E-state index contributed by atoms with van der Waals surface area (Å²) in [6.07, 6.45) is 3.73. The molecule has 1 aromatic carbocycles. The maximum Gasteiger partial charge on any atom is 0.220 e. The summed E-state index contributed by atoms with van der Waals surface area (Å²) in [6.45, 7) is 5.22. The van der Waals surface area contributed by atoms with Crippen LogP contribution in [0.4, 0.5) is 0 Å². The zero-order valence-corrected chi connectivity index (χ0v) is 11.8. The Labute approximate surface area is 116 Å². The Kier molecular flexibility index (Phi) is 5.40. The molecule has 19 heavy (non-hydrogen) atoms. The SMILES string of the molecule is CCCC(=O)NC1CCN(Cc2ccccc2)CC1. The standard InChI is InChI=1S/C16H24N2O/c1-2-6-16(19)17-15-9-11-18(12-10-15)13-14-7-4-3-5-8-14/h3-5,7-8,15H,2,6,9-13H2,1H3,(H,17,19). The molecule has 1 aromatic rings. The summed E-state index contributed by atoms with van der Waals surface area (Å²) < 4.78 is 0. The second-order valence-electron chi connectivity index (χ2n) is 5.35. The Morgan fingerprint density at radius 2 is 1.95 bits per heavy atom. The molecule has 0 spiro atoms. The van der Waals surface area contributed by atoms with E-state index in [1.165, 1.54) is 5.56 Å². The third-order valence-corrected chi connectivity index (χ3v) is 3.68. The highest BCUT2D eigenvalue weighted by atomic mass is 16.1. The molecular weight excluding hydrogens is 236 g/mol. The van der Waals surface area contributed by atoms with Crippen LogP contribution in [-0.4, -0.2) is 29.9 Å². The van der Waals surface area contributed by atoms with Crippen molar-refractivity contribution < 1.29 is 4.79 Å². The van der Waals surface area contributed by atoms with Gasteiger partial charge in [0.15, 0.2) is 0 Å². The van der Waals surface area contributed by atoms with Gasteiger partial charge in [-0.2, -0.15) is 0 Å². The first kappa shape index (κ1) is 14.1. The van der Waals surface area contributed by atoms with Gasteiger partial charge in [-0.1, -0.05) is 37.3 Å². The molecule has 3 heteroatoms. The van der Waals surface area contributed by atoms with Crippen molar-refractivity contribution in [2.45, 2.75) is 45.2 Å². The lowest BCUT2D eigenvalue weighted by Gasteiger charge is -2.32. The summed E-state index contributed by atoms with van der Waals surface area (Å²) in [7, 11) is 0. The number of nitrogens with one attached hydrogen (secondary N) is 1. The van der Waals surface area contributed by atoms with Gasteiger partial charge in [-0.3, -0.25) is 9.69 Å². The quantitative estimate of drug-likeness (QED) is 0.882. The minimum absolute atomic E-state index is 0.212. The van der Waals surface area contributed by atoms with Crippen molar-refractivity contribution >= 4 is 5.91 Å². The van der Waals surface area contributed by atoms with Gasteiger partial charge in [-0.05, 0) is 24.8 Å². The van der Waals surface area contributed by atoms with Crippen LogP contribution < -0.4 is 5.32 Å². The van der Waals surface area contributed by atoms with Crippen molar-refractivity contribution in [3.05, 3.63) is 35.9 Å². The molecule has 0 bridgehead atoms. The van der Waals surface area contributed by atoms with Crippen LogP contribution in [0.15, 0.2) is 30.3 Å². The number of carbonyl (C=O) groups excluding carboxylic acids is 1. The minimum atomic E-state index is 0.212. The molecule has 1 aliphatic heterocycles. The van der Waals surface area contributed by atoms with Gasteiger partial charge in [-0.15, -0.1) is 0 Å². The zero-order valence-electron chi connectivity index (χ0n) is 11.8. The molecule has 0 atom stereocenters. The second-order valence-corrected chi connectivity index (χ2v) is 5.35. The highest BCUT2D eigenvalue weighted by molar-refractivity contribution is 5.76. The van der Waals surface area contributed by atoms with E-state index in [0.717, 1.165) is 38.9 Å². The topological polar surface area (TPSA) is 32.3 Å². The fraction of sp³-hybridized carbons (Fsp3) is 0.562. The molecule has 2 rings (SSSR count). The second kappa shape index (κ2) is 7.29. The van der Waals surface area contributed by atoms with E-state index in [1.807, 2.05) is 6.92 Å². The summed E-state index contributed by atoms with van der Waals surface area (Å²) >= 11 is 0. The first-order valence-electron chi connectivity index (χ1n) is 7.33. The number of amides is 1. The average molecular weight is 260 g/mol. The van der Waals surface area contributed by atoms with Crippen LogP contribution in [0.5, 0.6) is 0 Å². The number of piperidine rings is 1. The molecule has 1 saturated heterocycles. The van der Waals surface area contributed by atoms with Crippen LogP contribution in [0, 0.1) is 0 Å². The molecule has 0 aliphatic carbocycles. The minimum Gasteiger partial charge on any atom is -0.353 e. The fourth-order valence-corrected chi connectivity index (χ4v) is 2.60. The molecule has 3 nitrogen and oxygen atoms in total. The number of likely N-dealkylation sites (tertiary alicyclic amines) is 1. The Morgan fingerprint density at radius 3 is 2.58 bits per heavy atom. The van der Waals surface area contributed by atoms with Crippen LogP contribution in [-0.2, 0) is 11.3 Å². The maximum absolute atomic E-state index is 11.6. The third kappa shape index (κ3) is 4.67. The van der Waals surface area contributed by atoms with Gasteiger partial charge in [0.05, 0.1) is 0 Å². The average Bonchev–Trinajstić information content (AvgIpc) is 2.42. The lowest BCUT2D eigenvalue weighted by molar-refractivity contribution is -0.122. The Morgan fingerprint density at radius 1 is 1.26 bits per heavy atom. The van der Waals surface area contributed by atoms with Gasteiger partial charge in [0.2, 0.25) is 5.91 Å². The van der Waals surface area contributed by atoms with Gasteiger partial charge < -0.3 is 5.32 Å². The van der Waals surface area contributed by atoms with Gasteiger partial charge in [0, 0.05) is 32.1 Å². The van der Waals surface area contributed by atoms with Crippen molar-refractivity contribution in [1.82, 2.24) is 10.2 Å². The van der Waals surface area contributed by atoms with E-state index in [2.05, 4.69) is 40.5 Å². The van der Waals surface area contributed by atoms with E-state index in [-0.39, 0.29) is 5.91 Å². The first-order chi connectivity index (χ1) is 9.28. The number of nitrogens with zero attached hydrogens (tertiary/aromatic N) is 1. The van der Waals surface area contributed by atoms with Crippen LogP contribution in [0.25, 0.3) is 0 Å². The van der Waals surface area contributed by atoms with Crippen molar-refractivity contribution in [2.24, 2.45) is 0 Å². The van der Waals surface area contributed by atoms with E-state index in [9.17, 15) is 4.79 Å². The molecule has 0 radical (unpaired) electrons. The molecule has 1 aliphatic rings. The number of benzene rings is 1. The summed E-state index contributed by atoms with van der Waals surface area (Å²) in [5.74, 6) is 0.212. The number of hydrogen-bond acceptors (Lipinski definition) is 2. The van der Waals surface area contributed by atoms with Crippen LogP contribution in [0.3, 0.4) is 0 Å². The van der Waals surface area contributed by atoms with Gasteiger partial charge in [0.1, 0.15) is 0 Å². The van der Waals surface area contributed by atoms with Crippen molar-refractivity contribution in [3.8, 4) is 0 Å². The lowest BCUT2D eigenvalue weighted by Crippen LogP contribution is -2.44. The zero-order chi connectivity index (χ0) is 13.5. The first-order valence-corrected chi connectivity index (χ1v) is 7.33. The molecule has 104 valence electrons. The van der Waals surface area contributed by atoms with E-state index >= 15 is 0 Å². The largest absolute Gasteiger partial charge is 0.353 e.